The molecule has 0 fully saturated rings. The number of ketones is 1. The summed E-state index contributed by atoms with van der Waals surface area (Å²) in [7, 11) is -1.72. The van der Waals surface area contributed by atoms with Gasteiger partial charge in [0, 0.05) is 11.8 Å². The summed E-state index contributed by atoms with van der Waals surface area (Å²) in [6, 6.07) is 13.7. The van der Waals surface area contributed by atoms with Crippen molar-refractivity contribution in [2.24, 2.45) is 0 Å². The van der Waals surface area contributed by atoms with Gasteiger partial charge in [-0.1, -0.05) is 26.0 Å². The smallest absolute Gasteiger partial charge is 0.210 e. The average Bonchev–Trinajstić information content (AvgIpc) is 3.00. The number of hydrogen-bond donors (Lipinski definition) is 0. The second-order valence-corrected chi connectivity index (χ2v) is 8.88. The van der Waals surface area contributed by atoms with E-state index in [4.69, 9.17) is 9.47 Å². The molecule has 5 nitrogen and oxygen atoms in total. The lowest BCUT2D eigenvalue weighted by Crippen LogP contribution is -2.35. The first-order valence-corrected chi connectivity index (χ1v) is 11.1. The van der Waals surface area contributed by atoms with Crippen molar-refractivity contribution < 1.29 is 22.7 Å². The Morgan fingerprint density at radius 1 is 1.00 bits per heavy atom. The van der Waals surface area contributed by atoms with Crippen LogP contribution in [0.15, 0.2) is 53.4 Å². The third-order valence-electron chi connectivity index (χ3n) is 5.21. The Balaban J connectivity index is 2.19. The molecule has 0 radical (unpaired) electrons. The molecule has 1 heterocycles. The Bertz CT molecular complexity index is 1030. The highest BCUT2D eigenvalue weighted by atomic mass is 32.2. The Morgan fingerprint density at radius 2 is 1.64 bits per heavy atom. The normalized spacial score (nSPS) is 16.2. The Morgan fingerprint density at radius 3 is 2.18 bits per heavy atom. The summed E-state index contributed by atoms with van der Waals surface area (Å²) in [4.78, 5) is 13.6. The van der Waals surface area contributed by atoms with Crippen molar-refractivity contribution in [3.8, 4) is 5.75 Å². The fourth-order valence-corrected chi connectivity index (χ4v) is 4.07. The lowest BCUT2D eigenvalue weighted by atomic mass is 9.86. The van der Waals surface area contributed by atoms with Gasteiger partial charge >= 0.3 is 0 Å². The molecule has 0 bridgehead atoms. The molecule has 3 rings (SSSR count). The van der Waals surface area contributed by atoms with Gasteiger partial charge in [-0.25, -0.2) is 8.42 Å². The first-order chi connectivity index (χ1) is 13.3. The fourth-order valence-electron chi connectivity index (χ4n) is 3.44. The molecule has 0 N–H and O–H groups in total. The summed E-state index contributed by atoms with van der Waals surface area (Å²) in [6.45, 7) is 3.86. The Kier molecular flexibility index (Phi) is 5.35. The van der Waals surface area contributed by atoms with Gasteiger partial charge in [-0.15, -0.1) is 0 Å². The lowest BCUT2D eigenvalue weighted by molar-refractivity contribution is -0.128. The standard InChI is InChI=1S/C22H24O5S/c1-5-22(6-2)21(23)19(16-8-7-9-17(14-16)26-3)20(27-22)15-10-12-18(13-11-15)28(4,24)25/h7-14H,5-6H2,1-4H3. The van der Waals surface area contributed by atoms with Crippen molar-refractivity contribution >= 4 is 27.0 Å². The predicted molar refractivity (Wildman–Crippen MR) is 109 cm³/mol. The quantitative estimate of drug-likeness (QED) is 0.729. The molecule has 1 aliphatic rings. The zero-order valence-electron chi connectivity index (χ0n) is 16.5. The molecule has 28 heavy (non-hydrogen) atoms. The van der Waals surface area contributed by atoms with Gasteiger partial charge in [0.15, 0.2) is 15.4 Å². The minimum absolute atomic E-state index is 0.0621. The fraction of sp³-hybridized carbons (Fsp3) is 0.318. The number of carbonyl (C=O) groups excluding carboxylic acids is 1. The van der Waals surface area contributed by atoms with Crippen LogP contribution in [0.4, 0.5) is 0 Å². The van der Waals surface area contributed by atoms with Crippen LogP contribution in [0.3, 0.4) is 0 Å². The van der Waals surface area contributed by atoms with Gasteiger partial charge in [0.05, 0.1) is 17.6 Å². The molecule has 0 aliphatic carbocycles. The van der Waals surface area contributed by atoms with Crippen LogP contribution in [-0.2, 0) is 19.4 Å². The monoisotopic (exact) mass is 400 g/mol. The second kappa shape index (κ2) is 7.43. The maximum atomic E-state index is 13.4. The van der Waals surface area contributed by atoms with E-state index < -0.39 is 15.4 Å². The van der Waals surface area contributed by atoms with Gasteiger partial charge in [0.25, 0.3) is 0 Å². The molecule has 148 valence electrons. The van der Waals surface area contributed by atoms with Gasteiger partial charge in [-0.2, -0.15) is 0 Å². The summed E-state index contributed by atoms with van der Waals surface area (Å²) < 4.78 is 35.1. The zero-order chi connectivity index (χ0) is 20.5. The largest absolute Gasteiger partial charge is 0.497 e. The van der Waals surface area contributed by atoms with Crippen molar-refractivity contribution in [2.75, 3.05) is 13.4 Å². The van der Waals surface area contributed by atoms with E-state index in [2.05, 4.69) is 0 Å². The number of carbonyl (C=O) groups is 1. The molecule has 0 spiro atoms. The number of ether oxygens (including phenoxy) is 2. The van der Waals surface area contributed by atoms with Crippen LogP contribution >= 0.6 is 0 Å². The molecule has 0 saturated carbocycles. The molecular weight excluding hydrogens is 376 g/mol. The van der Waals surface area contributed by atoms with Crippen LogP contribution in [0.1, 0.15) is 37.8 Å². The van der Waals surface area contributed by atoms with Crippen molar-refractivity contribution in [3.05, 3.63) is 59.7 Å². The summed E-state index contributed by atoms with van der Waals surface area (Å²) >= 11 is 0. The van der Waals surface area contributed by atoms with E-state index in [1.54, 1.807) is 19.2 Å². The zero-order valence-corrected chi connectivity index (χ0v) is 17.3. The summed E-state index contributed by atoms with van der Waals surface area (Å²) in [6.07, 6.45) is 2.25. The SMILES string of the molecule is CCC1(CC)OC(c2ccc(S(C)(=O)=O)cc2)=C(c2cccc(OC)c2)C1=O. The van der Waals surface area contributed by atoms with Gasteiger partial charge < -0.3 is 9.47 Å². The van der Waals surface area contributed by atoms with Crippen LogP contribution in [0.2, 0.25) is 0 Å². The van der Waals surface area contributed by atoms with Crippen molar-refractivity contribution in [2.45, 2.75) is 37.2 Å². The van der Waals surface area contributed by atoms with Crippen molar-refractivity contribution in [3.63, 3.8) is 0 Å². The van der Waals surface area contributed by atoms with Gasteiger partial charge in [-0.05, 0) is 54.8 Å². The van der Waals surface area contributed by atoms with E-state index in [-0.39, 0.29) is 10.7 Å². The van der Waals surface area contributed by atoms with E-state index in [0.717, 1.165) is 11.8 Å². The molecule has 0 amide bonds. The molecule has 1 aliphatic heterocycles. The molecule has 0 saturated heterocycles. The third kappa shape index (κ3) is 3.44. The van der Waals surface area contributed by atoms with Crippen LogP contribution in [0, 0.1) is 0 Å². The molecule has 2 aromatic rings. The highest BCUT2D eigenvalue weighted by molar-refractivity contribution is 7.90. The van der Waals surface area contributed by atoms with Crippen LogP contribution in [0.25, 0.3) is 11.3 Å². The molecule has 2 aromatic carbocycles. The van der Waals surface area contributed by atoms with Gasteiger partial charge in [0.2, 0.25) is 5.78 Å². The summed E-state index contributed by atoms with van der Waals surface area (Å²) in [5.74, 6) is 1.06. The van der Waals surface area contributed by atoms with Crippen molar-refractivity contribution in [1.82, 2.24) is 0 Å². The van der Waals surface area contributed by atoms with E-state index in [9.17, 15) is 13.2 Å². The van der Waals surface area contributed by atoms with Gasteiger partial charge in [0.1, 0.15) is 11.5 Å². The van der Waals surface area contributed by atoms with E-state index in [1.165, 1.54) is 12.1 Å². The van der Waals surface area contributed by atoms with E-state index in [0.29, 0.717) is 35.5 Å². The van der Waals surface area contributed by atoms with E-state index >= 15 is 0 Å². The number of Topliss-reactive ketones (excluding diaryl/α,β-unsaturated/α-hetero) is 1. The minimum atomic E-state index is -3.30. The van der Waals surface area contributed by atoms with Crippen LogP contribution in [0.5, 0.6) is 5.75 Å². The molecule has 0 atom stereocenters. The third-order valence-corrected chi connectivity index (χ3v) is 6.34. The van der Waals surface area contributed by atoms with Crippen LogP contribution in [-0.4, -0.2) is 33.2 Å². The highest BCUT2D eigenvalue weighted by Gasteiger charge is 2.47. The first-order valence-electron chi connectivity index (χ1n) is 9.18. The maximum Gasteiger partial charge on any atom is 0.210 e. The topological polar surface area (TPSA) is 69.7 Å². The maximum absolute atomic E-state index is 13.4. The summed E-state index contributed by atoms with van der Waals surface area (Å²) in [5.41, 5.74) is 0.968. The summed E-state index contributed by atoms with van der Waals surface area (Å²) in [5, 5.41) is 0. The van der Waals surface area contributed by atoms with Gasteiger partial charge in [-0.3, -0.25) is 4.79 Å². The lowest BCUT2D eigenvalue weighted by Gasteiger charge is -2.25. The second-order valence-electron chi connectivity index (χ2n) is 6.87. The Hall–Kier alpha value is -2.60. The number of sulfone groups is 1. The molecule has 0 aromatic heterocycles. The van der Waals surface area contributed by atoms with E-state index in [1.807, 2.05) is 38.1 Å². The minimum Gasteiger partial charge on any atom is -0.497 e. The predicted octanol–water partition coefficient (Wildman–Crippen LogP) is 4.13. The first kappa shape index (κ1) is 20.1. The average molecular weight is 400 g/mol. The molecular formula is C22H24O5S. The Labute approximate surface area is 165 Å². The number of methoxy groups -OCH3 is 1. The molecule has 6 heteroatoms. The molecule has 0 unspecified atom stereocenters. The number of rotatable bonds is 6. The highest BCUT2D eigenvalue weighted by Crippen LogP contribution is 2.45. The number of hydrogen-bond acceptors (Lipinski definition) is 5. The van der Waals surface area contributed by atoms with Crippen LogP contribution < -0.4 is 4.74 Å². The number of benzene rings is 2. The van der Waals surface area contributed by atoms with Crippen molar-refractivity contribution in [1.29, 1.82) is 0 Å².